The molecule has 2 rings (SSSR count). The van der Waals surface area contributed by atoms with E-state index < -0.39 is 0 Å². The number of nitrogens with zero attached hydrogens (tertiary/aromatic N) is 1. The lowest BCUT2D eigenvalue weighted by Crippen LogP contribution is -2.49. The summed E-state index contributed by atoms with van der Waals surface area (Å²) in [6, 6.07) is 9.29. The molecule has 1 heterocycles. The first kappa shape index (κ1) is 16.5. The summed E-state index contributed by atoms with van der Waals surface area (Å²) in [5.74, 6) is 0.628. The first-order valence-electron chi connectivity index (χ1n) is 8.15. The van der Waals surface area contributed by atoms with Crippen molar-refractivity contribution < 1.29 is 4.74 Å². The summed E-state index contributed by atoms with van der Waals surface area (Å²) in [4.78, 5) is 2.52. The second-order valence-corrected chi connectivity index (χ2v) is 6.46. The van der Waals surface area contributed by atoms with Crippen molar-refractivity contribution in [3.63, 3.8) is 0 Å². The average molecular weight is 290 g/mol. The fourth-order valence-electron chi connectivity index (χ4n) is 3.33. The number of aryl methyl sites for hydroxylation is 1. The van der Waals surface area contributed by atoms with E-state index in [0.717, 1.165) is 19.5 Å². The second-order valence-electron chi connectivity index (χ2n) is 6.46. The van der Waals surface area contributed by atoms with Crippen molar-refractivity contribution in [2.45, 2.75) is 51.8 Å². The van der Waals surface area contributed by atoms with E-state index in [1.165, 1.54) is 17.5 Å². The summed E-state index contributed by atoms with van der Waals surface area (Å²) in [5.41, 5.74) is 9.09. The second kappa shape index (κ2) is 7.39. The van der Waals surface area contributed by atoms with Crippen LogP contribution < -0.4 is 5.73 Å². The summed E-state index contributed by atoms with van der Waals surface area (Å²) >= 11 is 0. The topological polar surface area (TPSA) is 38.5 Å². The van der Waals surface area contributed by atoms with Crippen LogP contribution in [0.4, 0.5) is 0 Å². The highest BCUT2D eigenvalue weighted by molar-refractivity contribution is 5.25. The lowest BCUT2D eigenvalue weighted by atomic mass is 9.90. The Morgan fingerprint density at radius 2 is 2.00 bits per heavy atom. The summed E-state index contributed by atoms with van der Waals surface area (Å²) < 4.78 is 5.67. The molecular weight excluding hydrogens is 260 g/mol. The molecule has 1 aromatic carbocycles. The lowest BCUT2D eigenvalue weighted by Gasteiger charge is -2.42. The van der Waals surface area contributed by atoms with Gasteiger partial charge in [-0.15, -0.1) is 0 Å². The molecule has 0 radical (unpaired) electrons. The van der Waals surface area contributed by atoms with Gasteiger partial charge in [-0.1, -0.05) is 43.7 Å². The summed E-state index contributed by atoms with van der Waals surface area (Å²) in [6.45, 7) is 8.66. The van der Waals surface area contributed by atoms with E-state index >= 15 is 0 Å². The van der Waals surface area contributed by atoms with E-state index in [1.54, 1.807) is 0 Å². The molecule has 0 saturated carbocycles. The molecule has 2 N–H and O–H groups in total. The van der Waals surface area contributed by atoms with Crippen LogP contribution >= 0.6 is 0 Å². The third-order valence-corrected chi connectivity index (χ3v) is 4.91. The molecule has 21 heavy (non-hydrogen) atoms. The summed E-state index contributed by atoms with van der Waals surface area (Å²) in [5, 5.41) is 0. The Kier molecular flexibility index (Phi) is 5.80. The predicted octanol–water partition coefficient (Wildman–Crippen LogP) is 3.13. The minimum absolute atomic E-state index is 0.165. The van der Waals surface area contributed by atoms with Crippen LogP contribution in [0.2, 0.25) is 0 Å². The van der Waals surface area contributed by atoms with Crippen LogP contribution in [0.25, 0.3) is 0 Å². The fourth-order valence-corrected chi connectivity index (χ4v) is 3.33. The van der Waals surface area contributed by atoms with Gasteiger partial charge in [-0.25, -0.2) is 0 Å². The first-order valence-corrected chi connectivity index (χ1v) is 8.15. The van der Waals surface area contributed by atoms with Gasteiger partial charge in [0.05, 0.1) is 6.10 Å². The lowest BCUT2D eigenvalue weighted by molar-refractivity contribution is -0.0234. The number of benzene rings is 1. The van der Waals surface area contributed by atoms with Gasteiger partial charge in [0.2, 0.25) is 0 Å². The van der Waals surface area contributed by atoms with E-state index in [1.807, 2.05) is 7.11 Å². The largest absolute Gasteiger partial charge is 0.380 e. The van der Waals surface area contributed by atoms with Crippen molar-refractivity contribution in [3.05, 3.63) is 35.4 Å². The van der Waals surface area contributed by atoms with Crippen molar-refractivity contribution >= 4 is 0 Å². The molecule has 1 aliphatic rings. The molecule has 0 aromatic heterocycles. The zero-order valence-corrected chi connectivity index (χ0v) is 13.9. The van der Waals surface area contributed by atoms with E-state index in [9.17, 15) is 0 Å². The molecule has 0 amide bonds. The highest BCUT2D eigenvalue weighted by Gasteiger charge is 2.33. The minimum atomic E-state index is 0.165. The molecule has 0 bridgehead atoms. The monoisotopic (exact) mass is 290 g/mol. The molecule has 1 aromatic rings. The van der Waals surface area contributed by atoms with Crippen LogP contribution in [-0.4, -0.2) is 37.2 Å². The van der Waals surface area contributed by atoms with Crippen molar-refractivity contribution in [2.75, 3.05) is 20.2 Å². The zero-order valence-electron chi connectivity index (χ0n) is 13.9. The smallest absolute Gasteiger partial charge is 0.0724 e. The molecule has 3 heteroatoms. The Labute approximate surface area is 129 Å². The summed E-state index contributed by atoms with van der Waals surface area (Å²) in [7, 11) is 1.82. The zero-order chi connectivity index (χ0) is 15.4. The molecule has 1 fully saturated rings. The van der Waals surface area contributed by atoms with Crippen LogP contribution in [0.1, 0.15) is 43.9 Å². The van der Waals surface area contributed by atoms with Gasteiger partial charge in [-0.2, -0.15) is 0 Å². The minimum Gasteiger partial charge on any atom is -0.380 e. The highest BCUT2D eigenvalue weighted by Crippen LogP contribution is 2.30. The molecule has 4 atom stereocenters. The molecule has 0 aliphatic carbocycles. The van der Waals surface area contributed by atoms with E-state index in [2.05, 4.69) is 49.9 Å². The number of piperidine rings is 1. The molecular formula is C18H30N2O. The fraction of sp³-hybridized carbons (Fsp3) is 0.667. The number of rotatable bonds is 5. The van der Waals surface area contributed by atoms with Crippen LogP contribution in [0.3, 0.4) is 0 Å². The standard InChI is InChI=1S/C18H30N2O/c1-5-16(19)18(15-8-6-13(2)7-9-15)20-11-10-14(3)17(12-20)21-4/h6-9,14,16-18H,5,10-12,19H2,1-4H3. The van der Waals surface area contributed by atoms with Crippen molar-refractivity contribution in [1.29, 1.82) is 0 Å². The number of nitrogens with two attached hydrogens (primary N) is 1. The van der Waals surface area contributed by atoms with Crippen molar-refractivity contribution in [2.24, 2.45) is 11.7 Å². The number of likely N-dealkylation sites (tertiary alicyclic amines) is 1. The Bertz CT molecular complexity index is 431. The van der Waals surface area contributed by atoms with Gasteiger partial charge >= 0.3 is 0 Å². The van der Waals surface area contributed by atoms with Gasteiger partial charge in [0, 0.05) is 25.7 Å². The van der Waals surface area contributed by atoms with Gasteiger partial charge in [0.25, 0.3) is 0 Å². The third kappa shape index (κ3) is 3.85. The Morgan fingerprint density at radius 3 is 2.57 bits per heavy atom. The van der Waals surface area contributed by atoms with Crippen LogP contribution in [0, 0.1) is 12.8 Å². The number of hydrogen-bond donors (Lipinski definition) is 1. The summed E-state index contributed by atoms with van der Waals surface area (Å²) in [6.07, 6.45) is 2.48. The van der Waals surface area contributed by atoms with E-state index in [0.29, 0.717) is 18.1 Å². The van der Waals surface area contributed by atoms with Gasteiger partial charge in [0.15, 0.2) is 0 Å². The molecule has 118 valence electrons. The molecule has 4 unspecified atom stereocenters. The van der Waals surface area contributed by atoms with Gasteiger partial charge in [0.1, 0.15) is 0 Å². The van der Waals surface area contributed by atoms with Gasteiger partial charge < -0.3 is 10.5 Å². The van der Waals surface area contributed by atoms with Crippen molar-refractivity contribution in [1.82, 2.24) is 4.90 Å². The van der Waals surface area contributed by atoms with Crippen LogP contribution in [0.15, 0.2) is 24.3 Å². The number of methoxy groups -OCH3 is 1. The van der Waals surface area contributed by atoms with E-state index in [4.69, 9.17) is 10.5 Å². The highest BCUT2D eigenvalue weighted by atomic mass is 16.5. The maximum Gasteiger partial charge on any atom is 0.0724 e. The molecule has 3 nitrogen and oxygen atoms in total. The Morgan fingerprint density at radius 1 is 1.33 bits per heavy atom. The SMILES string of the molecule is CCC(N)C(c1ccc(C)cc1)N1CCC(C)C(OC)C1. The molecule has 1 aliphatic heterocycles. The Hall–Kier alpha value is -0.900. The van der Waals surface area contributed by atoms with Crippen LogP contribution in [-0.2, 0) is 4.74 Å². The van der Waals surface area contributed by atoms with Crippen molar-refractivity contribution in [3.8, 4) is 0 Å². The normalized spacial score (nSPS) is 26.5. The third-order valence-electron chi connectivity index (χ3n) is 4.91. The Balaban J connectivity index is 2.22. The quantitative estimate of drug-likeness (QED) is 0.905. The van der Waals surface area contributed by atoms with Gasteiger partial charge in [-0.05, 0) is 37.8 Å². The van der Waals surface area contributed by atoms with Gasteiger partial charge in [-0.3, -0.25) is 4.90 Å². The van der Waals surface area contributed by atoms with E-state index in [-0.39, 0.29) is 6.04 Å². The average Bonchev–Trinajstić information content (AvgIpc) is 2.50. The number of hydrogen-bond acceptors (Lipinski definition) is 3. The first-order chi connectivity index (χ1) is 10.1. The number of ether oxygens (including phenoxy) is 1. The van der Waals surface area contributed by atoms with Crippen LogP contribution in [0.5, 0.6) is 0 Å². The molecule has 0 spiro atoms. The maximum atomic E-state index is 6.46. The maximum absolute atomic E-state index is 6.46. The molecule has 1 saturated heterocycles. The predicted molar refractivity (Wildman–Crippen MR) is 88.3 cm³/mol.